The van der Waals surface area contributed by atoms with Crippen LogP contribution in [-0.2, 0) is 10.0 Å². The average Bonchev–Trinajstić information content (AvgIpc) is 3.02. The second kappa shape index (κ2) is 6.12. The van der Waals surface area contributed by atoms with E-state index < -0.39 is 10.0 Å². The van der Waals surface area contributed by atoms with Gasteiger partial charge in [0.2, 0.25) is 10.0 Å². The van der Waals surface area contributed by atoms with E-state index in [0.29, 0.717) is 35.6 Å². The van der Waals surface area contributed by atoms with Crippen molar-refractivity contribution in [2.45, 2.75) is 23.8 Å². The predicted molar refractivity (Wildman–Crippen MR) is 83.2 cm³/mol. The summed E-state index contributed by atoms with van der Waals surface area (Å²) in [7, 11) is -1.84. The molecule has 0 spiro atoms. The van der Waals surface area contributed by atoms with Crippen LogP contribution in [0.25, 0.3) is 0 Å². The fraction of sp³-hybridized carbons (Fsp3) is 0.571. The minimum atomic E-state index is -3.41. The molecule has 1 heterocycles. The first kappa shape index (κ1) is 16.5. The van der Waals surface area contributed by atoms with Gasteiger partial charge in [-0.15, -0.1) is 12.4 Å². The number of benzene rings is 1. The fourth-order valence-electron chi connectivity index (χ4n) is 3.36. The topological polar surface area (TPSA) is 72.6 Å². The van der Waals surface area contributed by atoms with Crippen molar-refractivity contribution in [3.05, 3.63) is 24.3 Å². The number of ether oxygens (including phenoxy) is 1. The number of hydrogen-bond acceptors (Lipinski definition) is 4. The Bertz CT molecular complexity index is 591. The molecule has 1 saturated carbocycles. The maximum Gasteiger partial charge on any atom is 0.243 e. The van der Waals surface area contributed by atoms with Crippen molar-refractivity contribution in [3.8, 4) is 5.75 Å². The molecule has 118 valence electrons. The quantitative estimate of drug-likeness (QED) is 0.910. The first-order valence-electron chi connectivity index (χ1n) is 6.92. The van der Waals surface area contributed by atoms with E-state index in [1.54, 1.807) is 35.7 Å². The number of sulfonamides is 1. The highest BCUT2D eigenvalue weighted by molar-refractivity contribution is 7.89. The van der Waals surface area contributed by atoms with E-state index >= 15 is 0 Å². The summed E-state index contributed by atoms with van der Waals surface area (Å²) in [5.74, 6) is 1.41. The second-order valence-corrected chi connectivity index (χ2v) is 7.60. The monoisotopic (exact) mass is 332 g/mol. The van der Waals surface area contributed by atoms with Gasteiger partial charge < -0.3 is 10.5 Å². The molecule has 0 radical (unpaired) electrons. The summed E-state index contributed by atoms with van der Waals surface area (Å²) in [6.07, 6.45) is 2.06. The van der Waals surface area contributed by atoms with Crippen LogP contribution in [0, 0.1) is 11.8 Å². The molecule has 3 atom stereocenters. The number of rotatable bonds is 3. The Balaban J connectivity index is 0.00000161. The SMILES string of the molecule is COc1ccc(S(=O)(=O)N2CC3CCC(N)C3C2)cc1.Cl. The molecule has 7 heteroatoms. The molecule has 3 rings (SSSR count). The largest absolute Gasteiger partial charge is 0.497 e. The van der Waals surface area contributed by atoms with Crippen LogP contribution in [-0.4, -0.2) is 39.0 Å². The van der Waals surface area contributed by atoms with Gasteiger partial charge in [-0.1, -0.05) is 0 Å². The Kier molecular flexibility index (Phi) is 4.82. The van der Waals surface area contributed by atoms with Gasteiger partial charge in [-0.05, 0) is 48.9 Å². The molecule has 2 N–H and O–H groups in total. The summed E-state index contributed by atoms with van der Waals surface area (Å²) < 4.78 is 31.9. The van der Waals surface area contributed by atoms with Gasteiger partial charge in [-0.3, -0.25) is 0 Å². The van der Waals surface area contributed by atoms with E-state index in [4.69, 9.17) is 10.5 Å². The van der Waals surface area contributed by atoms with E-state index in [0.717, 1.165) is 12.8 Å². The van der Waals surface area contributed by atoms with Crippen molar-refractivity contribution in [3.63, 3.8) is 0 Å². The number of nitrogens with zero attached hydrogens (tertiary/aromatic N) is 1. The molecule has 3 unspecified atom stereocenters. The first-order valence-corrected chi connectivity index (χ1v) is 8.36. The normalized spacial score (nSPS) is 29.0. The Hall–Kier alpha value is -0.820. The zero-order valence-electron chi connectivity index (χ0n) is 11.9. The average molecular weight is 333 g/mol. The Labute approximate surface area is 131 Å². The third-order valence-electron chi connectivity index (χ3n) is 4.58. The van der Waals surface area contributed by atoms with Crippen molar-refractivity contribution in [1.82, 2.24) is 4.31 Å². The fourth-order valence-corrected chi connectivity index (χ4v) is 4.89. The van der Waals surface area contributed by atoms with Crippen LogP contribution in [0.3, 0.4) is 0 Å². The third-order valence-corrected chi connectivity index (χ3v) is 6.42. The number of nitrogens with two attached hydrogens (primary N) is 1. The van der Waals surface area contributed by atoms with Gasteiger partial charge in [0.15, 0.2) is 0 Å². The lowest BCUT2D eigenvalue weighted by atomic mass is 9.98. The summed E-state index contributed by atoms with van der Waals surface area (Å²) in [5, 5.41) is 0. The molecule has 1 aromatic rings. The van der Waals surface area contributed by atoms with Crippen LogP contribution in [0.15, 0.2) is 29.2 Å². The van der Waals surface area contributed by atoms with Crippen molar-refractivity contribution < 1.29 is 13.2 Å². The molecule has 1 saturated heterocycles. The number of halogens is 1. The first-order chi connectivity index (χ1) is 9.52. The molecule has 21 heavy (non-hydrogen) atoms. The molecule has 1 aliphatic carbocycles. The molecular formula is C14H21ClN2O3S. The van der Waals surface area contributed by atoms with Crippen molar-refractivity contribution in [2.24, 2.45) is 17.6 Å². The maximum absolute atomic E-state index is 12.6. The van der Waals surface area contributed by atoms with E-state index in [2.05, 4.69) is 0 Å². The highest BCUT2D eigenvalue weighted by Crippen LogP contribution is 2.39. The molecular weight excluding hydrogens is 312 g/mol. The lowest BCUT2D eigenvalue weighted by Gasteiger charge is -2.18. The highest BCUT2D eigenvalue weighted by Gasteiger charge is 2.44. The van der Waals surface area contributed by atoms with E-state index in [1.165, 1.54) is 0 Å². The summed E-state index contributed by atoms with van der Waals surface area (Å²) in [6, 6.07) is 6.70. The van der Waals surface area contributed by atoms with Crippen LogP contribution >= 0.6 is 12.4 Å². The molecule has 0 amide bonds. The van der Waals surface area contributed by atoms with Crippen LogP contribution < -0.4 is 10.5 Å². The number of hydrogen-bond donors (Lipinski definition) is 1. The summed E-state index contributed by atoms with van der Waals surface area (Å²) in [5.41, 5.74) is 6.06. The van der Waals surface area contributed by atoms with Crippen molar-refractivity contribution >= 4 is 22.4 Å². The Morgan fingerprint density at radius 1 is 1.19 bits per heavy atom. The van der Waals surface area contributed by atoms with E-state index in [1.807, 2.05) is 0 Å². The highest BCUT2D eigenvalue weighted by atomic mass is 35.5. The minimum absolute atomic E-state index is 0. The molecule has 0 bridgehead atoms. The zero-order chi connectivity index (χ0) is 14.3. The number of fused-ring (bicyclic) bond motifs is 1. The third kappa shape index (κ3) is 2.90. The molecule has 0 aromatic heterocycles. The second-order valence-electron chi connectivity index (χ2n) is 5.66. The van der Waals surface area contributed by atoms with Gasteiger partial charge >= 0.3 is 0 Å². The van der Waals surface area contributed by atoms with Gasteiger partial charge in [0.1, 0.15) is 5.75 Å². The molecule has 2 fully saturated rings. The van der Waals surface area contributed by atoms with Crippen LogP contribution in [0.2, 0.25) is 0 Å². The minimum Gasteiger partial charge on any atom is -0.497 e. The van der Waals surface area contributed by atoms with Gasteiger partial charge in [-0.2, -0.15) is 4.31 Å². The van der Waals surface area contributed by atoms with E-state index in [9.17, 15) is 8.42 Å². The zero-order valence-corrected chi connectivity index (χ0v) is 13.6. The van der Waals surface area contributed by atoms with Crippen molar-refractivity contribution in [2.75, 3.05) is 20.2 Å². The van der Waals surface area contributed by atoms with Gasteiger partial charge in [0.25, 0.3) is 0 Å². The van der Waals surface area contributed by atoms with E-state index in [-0.39, 0.29) is 18.4 Å². The van der Waals surface area contributed by atoms with Crippen LogP contribution in [0.5, 0.6) is 5.75 Å². The van der Waals surface area contributed by atoms with Crippen LogP contribution in [0.1, 0.15) is 12.8 Å². The Morgan fingerprint density at radius 3 is 2.43 bits per heavy atom. The maximum atomic E-state index is 12.6. The molecule has 2 aliphatic rings. The molecule has 1 aliphatic heterocycles. The smallest absolute Gasteiger partial charge is 0.243 e. The lowest BCUT2D eigenvalue weighted by molar-refractivity contribution is 0.413. The molecule has 5 nitrogen and oxygen atoms in total. The number of methoxy groups -OCH3 is 1. The summed E-state index contributed by atoms with van der Waals surface area (Å²) >= 11 is 0. The van der Waals surface area contributed by atoms with Gasteiger partial charge in [0, 0.05) is 19.1 Å². The van der Waals surface area contributed by atoms with Gasteiger partial charge in [0.05, 0.1) is 12.0 Å². The summed E-state index contributed by atoms with van der Waals surface area (Å²) in [4.78, 5) is 0.326. The Morgan fingerprint density at radius 2 is 1.86 bits per heavy atom. The molecule has 1 aromatic carbocycles. The van der Waals surface area contributed by atoms with Crippen molar-refractivity contribution in [1.29, 1.82) is 0 Å². The summed E-state index contributed by atoms with van der Waals surface area (Å²) in [6.45, 7) is 1.16. The lowest BCUT2D eigenvalue weighted by Crippen LogP contribution is -2.33. The van der Waals surface area contributed by atoms with Crippen LogP contribution in [0.4, 0.5) is 0 Å². The predicted octanol–water partition coefficient (Wildman–Crippen LogP) is 1.47. The van der Waals surface area contributed by atoms with Gasteiger partial charge in [-0.25, -0.2) is 8.42 Å². The standard InChI is InChI=1S/C14H20N2O3S.ClH/c1-19-11-3-5-12(6-4-11)20(17,18)16-8-10-2-7-14(15)13(10)9-16;/h3-6,10,13-14H,2,7-9,15H2,1H3;1H.